The van der Waals surface area contributed by atoms with E-state index < -0.39 is 0 Å². The number of benzene rings is 1. The summed E-state index contributed by atoms with van der Waals surface area (Å²) in [4.78, 5) is 19.3. The van der Waals surface area contributed by atoms with Gasteiger partial charge in [-0.1, -0.05) is 6.07 Å². The van der Waals surface area contributed by atoms with Crippen LogP contribution in [0.4, 0.5) is 0 Å². The minimum Gasteiger partial charge on any atom is -0.494 e. The minimum atomic E-state index is -0.0909. The van der Waals surface area contributed by atoms with Gasteiger partial charge in [0.2, 0.25) is 0 Å². The van der Waals surface area contributed by atoms with Gasteiger partial charge >= 0.3 is 0 Å². The van der Waals surface area contributed by atoms with E-state index in [0.29, 0.717) is 38.3 Å². The van der Waals surface area contributed by atoms with Gasteiger partial charge in [0.25, 0.3) is 5.56 Å². The van der Waals surface area contributed by atoms with Gasteiger partial charge in [-0.3, -0.25) is 9.69 Å². The van der Waals surface area contributed by atoms with E-state index in [-0.39, 0.29) is 11.7 Å². The summed E-state index contributed by atoms with van der Waals surface area (Å²) in [5.74, 6) is 1.56. The van der Waals surface area contributed by atoms with E-state index in [1.165, 1.54) is 4.88 Å². The van der Waals surface area contributed by atoms with Gasteiger partial charge in [-0.2, -0.15) is 0 Å². The third-order valence-corrected chi connectivity index (χ3v) is 6.79. The molecule has 9 nitrogen and oxygen atoms in total. The Morgan fingerprint density at radius 3 is 3.00 bits per heavy atom. The lowest BCUT2D eigenvalue weighted by molar-refractivity contribution is 0.0915. The number of hydrogen-bond acceptors (Lipinski definition) is 8. The predicted molar refractivity (Wildman–Crippen MR) is 130 cm³/mol. The molecule has 4 heterocycles. The molecule has 10 heteroatoms. The highest BCUT2D eigenvalue weighted by molar-refractivity contribution is 7.09. The van der Waals surface area contributed by atoms with E-state index in [1.54, 1.807) is 11.3 Å². The summed E-state index contributed by atoms with van der Waals surface area (Å²) < 4.78 is 13.2. The number of tetrazole rings is 1. The molecule has 0 amide bonds. The van der Waals surface area contributed by atoms with Crippen molar-refractivity contribution in [2.45, 2.75) is 52.0 Å². The molecule has 0 bridgehead atoms. The number of nitrogens with one attached hydrogen (secondary N) is 1. The van der Waals surface area contributed by atoms with Crippen molar-refractivity contribution in [2.75, 3.05) is 13.2 Å². The van der Waals surface area contributed by atoms with Crippen molar-refractivity contribution in [3.8, 4) is 5.75 Å². The first-order chi connectivity index (χ1) is 16.7. The summed E-state index contributed by atoms with van der Waals surface area (Å²) in [5, 5.41) is 15.4. The van der Waals surface area contributed by atoms with E-state index in [4.69, 9.17) is 9.47 Å². The first-order valence-electron chi connectivity index (χ1n) is 11.6. The van der Waals surface area contributed by atoms with Gasteiger partial charge in [-0.25, -0.2) is 4.68 Å². The molecule has 3 aromatic heterocycles. The van der Waals surface area contributed by atoms with Crippen LogP contribution in [0.25, 0.3) is 10.9 Å². The predicted octanol–water partition coefficient (Wildman–Crippen LogP) is 3.36. The van der Waals surface area contributed by atoms with Crippen molar-refractivity contribution in [1.29, 1.82) is 0 Å². The molecule has 1 aliphatic heterocycles. The first kappa shape index (κ1) is 22.7. The van der Waals surface area contributed by atoms with Crippen molar-refractivity contribution < 1.29 is 9.47 Å². The van der Waals surface area contributed by atoms with Crippen LogP contribution in [-0.4, -0.2) is 49.4 Å². The second-order valence-electron chi connectivity index (χ2n) is 8.44. The molecule has 1 unspecified atom stereocenters. The van der Waals surface area contributed by atoms with Gasteiger partial charge in [-0.05, 0) is 65.9 Å². The van der Waals surface area contributed by atoms with Crippen molar-refractivity contribution in [1.82, 2.24) is 30.1 Å². The Morgan fingerprint density at radius 1 is 1.26 bits per heavy atom. The van der Waals surface area contributed by atoms with Crippen LogP contribution in [0.3, 0.4) is 0 Å². The quantitative estimate of drug-likeness (QED) is 0.372. The Labute approximate surface area is 201 Å². The van der Waals surface area contributed by atoms with Crippen molar-refractivity contribution >= 4 is 22.2 Å². The number of pyridine rings is 1. The Bertz CT molecular complexity index is 1280. The number of thiophene rings is 1. The third-order valence-electron chi connectivity index (χ3n) is 5.93. The zero-order valence-corrected chi connectivity index (χ0v) is 20.0. The fraction of sp³-hybridized carbons (Fsp3) is 0.417. The van der Waals surface area contributed by atoms with Crippen LogP contribution >= 0.6 is 11.3 Å². The number of nitrogens with zero attached hydrogens (tertiary/aromatic N) is 5. The number of H-pyrrole nitrogens is 1. The molecule has 1 aliphatic rings. The zero-order valence-electron chi connectivity index (χ0n) is 19.1. The van der Waals surface area contributed by atoms with Crippen LogP contribution in [0.15, 0.2) is 46.6 Å². The average molecular weight is 481 g/mol. The maximum Gasteiger partial charge on any atom is 0.252 e. The molecule has 34 heavy (non-hydrogen) atoms. The second-order valence-corrected chi connectivity index (χ2v) is 9.47. The second kappa shape index (κ2) is 10.5. The van der Waals surface area contributed by atoms with Crippen molar-refractivity contribution in [3.05, 3.63) is 68.4 Å². The zero-order chi connectivity index (χ0) is 23.3. The van der Waals surface area contributed by atoms with E-state index in [0.717, 1.165) is 41.9 Å². The molecular formula is C24H28N6O3S. The fourth-order valence-electron chi connectivity index (χ4n) is 4.29. The minimum absolute atomic E-state index is 0.0909. The monoisotopic (exact) mass is 480 g/mol. The smallest absolute Gasteiger partial charge is 0.252 e. The van der Waals surface area contributed by atoms with E-state index in [2.05, 4.69) is 36.9 Å². The molecule has 5 rings (SSSR count). The van der Waals surface area contributed by atoms with Gasteiger partial charge in [0.1, 0.15) is 5.75 Å². The highest BCUT2D eigenvalue weighted by atomic mass is 32.1. The summed E-state index contributed by atoms with van der Waals surface area (Å²) >= 11 is 1.70. The molecule has 178 valence electrons. The van der Waals surface area contributed by atoms with Crippen LogP contribution in [0.2, 0.25) is 0 Å². The first-order valence-corrected chi connectivity index (χ1v) is 12.5. The number of rotatable bonds is 10. The molecule has 1 fully saturated rings. The highest BCUT2D eigenvalue weighted by Crippen LogP contribution is 2.21. The maximum atomic E-state index is 12.9. The van der Waals surface area contributed by atoms with Crippen LogP contribution < -0.4 is 10.3 Å². The Hall–Kier alpha value is -3.08. The fourth-order valence-corrected chi connectivity index (χ4v) is 5.04. The molecule has 4 aromatic rings. The Kier molecular flexibility index (Phi) is 6.98. The lowest BCUT2D eigenvalue weighted by atomic mass is 10.1. The highest BCUT2D eigenvalue weighted by Gasteiger charge is 2.21. The lowest BCUT2D eigenvalue weighted by Gasteiger charge is -2.21. The largest absolute Gasteiger partial charge is 0.494 e. The third kappa shape index (κ3) is 5.35. The van der Waals surface area contributed by atoms with Crippen LogP contribution in [-0.2, 0) is 30.9 Å². The number of hydrogen-bond donors (Lipinski definition) is 1. The standard InChI is InChI=1S/C24H28N6O3S/c1-2-32-19-7-8-22-17(12-19)11-18(24(31)25-22)13-29(15-21-6-4-10-34-21)16-23-26-27-28-30(23)14-20-5-3-9-33-20/h4,6-8,10-12,20H,2-3,5,9,13-16H2,1H3,(H,25,31). The average Bonchev–Trinajstić information content (AvgIpc) is 3.60. The summed E-state index contributed by atoms with van der Waals surface area (Å²) in [7, 11) is 0. The molecule has 0 saturated carbocycles. The Balaban J connectivity index is 1.40. The Morgan fingerprint density at radius 2 is 2.21 bits per heavy atom. The summed E-state index contributed by atoms with van der Waals surface area (Å²) in [6.45, 7) is 5.67. The van der Waals surface area contributed by atoms with Gasteiger partial charge in [0, 0.05) is 41.0 Å². The van der Waals surface area contributed by atoms with Gasteiger partial charge in [0.15, 0.2) is 5.82 Å². The molecule has 1 aromatic carbocycles. The molecule has 0 radical (unpaired) electrons. The molecule has 1 saturated heterocycles. The maximum absolute atomic E-state index is 12.9. The topological polar surface area (TPSA) is 98.2 Å². The summed E-state index contributed by atoms with van der Waals surface area (Å²) in [6, 6.07) is 11.8. The SMILES string of the molecule is CCOc1ccc2[nH]c(=O)c(CN(Cc3cccs3)Cc3nnnn3CC3CCCO3)cc2c1. The van der Waals surface area contributed by atoms with Crippen molar-refractivity contribution in [2.24, 2.45) is 0 Å². The van der Waals surface area contributed by atoms with Crippen molar-refractivity contribution in [3.63, 3.8) is 0 Å². The molecule has 0 spiro atoms. The van der Waals surface area contributed by atoms with Crippen LogP contribution in [0.1, 0.15) is 36.0 Å². The number of fused-ring (bicyclic) bond motifs is 1. The molecule has 1 atom stereocenters. The van der Waals surface area contributed by atoms with E-state index in [1.807, 2.05) is 41.9 Å². The number of aromatic amines is 1. The number of ether oxygens (including phenoxy) is 2. The molecule has 1 N–H and O–H groups in total. The van der Waals surface area contributed by atoms with Gasteiger partial charge in [-0.15, -0.1) is 16.4 Å². The number of aromatic nitrogens is 5. The van der Waals surface area contributed by atoms with E-state index in [9.17, 15) is 4.79 Å². The van der Waals surface area contributed by atoms with Crippen LogP contribution in [0, 0.1) is 0 Å². The van der Waals surface area contributed by atoms with E-state index >= 15 is 0 Å². The lowest BCUT2D eigenvalue weighted by Crippen LogP contribution is -2.28. The normalized spacial score (nSPS) is 16.0. The van der Waals surface area contributed by atoms with Gasteiger partial charge in [0.05, 0.1) is 25.8 Å². The molecule has 0 aliphatic carbocycles. The summed E-state index contributed by atoms with van der Waals surface area (Å²) in [6.07, 6.45) is 2.24. The van der Waals surface area contributed by atoms with Crippen LogP contribution in [0.5, 0.6) is 5.75 Å². The molecular weight excluding hydrogens is 452 g/mol. The van der Waals surface area contributed by atoms with Gasteiger partial charge < -0.3 is 14.5 Å². The summed E-state index contributed by atoms with van der Waals surface area (Å²) in [5.41, 5.74) is 1.39.